The van der Waals surface area contributed by atoms with Crippen molar-refractivity contribution in [1.29, 1.82) is 0 Å². The average Bonchev–Trinajstić information content (AvgIpc) is 2.98. The van der Waals surface area contributed by atoms with Crippen LogP contribution in [0.5, 0.6) is 0 Å². The van der Waals surface area contributed by atoms with Crippen LogP contribution in [0.4, 0.5) is 0 Å². The second-order valence-corrected chi connectivity index (χ2v) is 5.89. The predicted octanol–water partition coefficient (Wildman–Crippen LogP) is 4.11. The number of aryl methyl sites for hydroxylation is 1. The molecule has 2 aromatic rings. The van der Waals surface area contributed by atoms with Gasteiger partial charge in [-0.05, 0) is 42.5 Å². The lowest BCUT2D eigenvalue weighted by Gasteiger charge is -2.29. The molecule has 3 heterocycles. The van der Waals surface area contributed by atoms with Crippen LogP contribution in [0.3, 0.4) is 0 Å². The largest absolute Gasteiger partial charge is 0.465 e. The minimum atomic E-state index is 0.583. The number of hydrogen-bond acceptors (Lipinski definition) is 3. The van der Waals surface area contributed by atoms with E-state index in [0.717, 1.165) is 18.7 Å². The lowest BCUT2D eigenvalue weighted by Crippen LogP contribution is -2.24. The molecule has 0 radical (unpaired) electrons. The van der Waals surface area contributed by atoms with E-state index < -0.39 is 0 Å². The molecule has 0 saturated carbocycles. The third-order valence-corrected chi connectivity index (χ3v) is 4.64. The number of rotatable bonds is 2. The van der Waals surface area contributed by atoms with Crippen LogP contribution in [-0.4, -0.2) is 18.5 Å². The highest BCUT2D eigenvalue weighted by molar-refractivity contribution is 7.10. The average molecular weight is 259 g/mol. The summed E-state index contributed by atoms with van der Waals surface area (Å²) in [6, 6.07) is 6.21. The van der Waals surface area contributed by atoms with Gasteiger partial charge in [-0.3, -0.25) is 0 Å². The molecular weight excluding hydrogens is 242 g/mol. The van der Waals surface area contributed by atoms with E-state index in [1.807, 2.05) is 23.5 Å². The molecule has 0 fully saturated rings. The van der Waals surface area contributed by atoms with Gasteiger partial charge in [0.15, 0.2) is 0 Å². The van der Waals surface area contributed by atoms with Crippen LogP contribution >= 0.6 is 11.3 Å². The molecule has 94 valence electrons. The van der Waals surface area contributed by atoms with Crippen molar-refractivity contribution in [1.82, 2.24) is 4.90 Å². The summed E-state index contributed by atoms with van der Waals surface area (Å²) in [5.41, 5.74) is 2.71. The van der Waals surface area contributed by atoms with Gasteiger partial charge in [0.05, 0.1) is 6.26 Å². The minimum Gasteiger partial charge on any atom is -0.465 e. The molecule has 3 heteroatoms. The molecule has 0 N–H and O–H groups in total. The summed E-state index contributed by atoms with van der Waals surface area (Å²) in [6.07, 6.45) is 5.02. The maximum atomic E-state index is 5.53. The maximum absolute atomic E-state index is 5.53. The zero-order valence-corrected chi connectivity index (χ0v) is 11.5. The van der Waals surface area contributed by atoms with Gasteiger partial charge in [0.25, 0.3) is 0 Å². The summed E-state index contributed by atoms with van der Waals surface area (Å²) >= 11 is 1.87. The fourth-order valence-corrected chi connectivity index (χ4v) is 3.68. The molecule has 1 aliphatic rings. The Balaban J connectivity index is 1.89. The summed E-state index contributed by atoms with van der Waals surface area (Å²) in [7, 11) is 2.14. The Labute approximate surface area is 112 Å². The van der Waals surface area contributed by atoms with Gasteiger partial charge in [0, 0.05) is 36.2 Å². The van der Waals surface area contributed by atoms with E-state index in [4.69, 9.17) is 4.42 Å². The van der Waals surface area contributed by atoms with Gasteiger partial charge in [-0.25, -0.2) is 0 Å². The predicted molar refractivity (Wildman–Crippen MR) is 75.7 cm³/mol. The van der Waals surface area contributed by atoms with E-state index in [2.05, 4.69) is 36.5 Å². The first-order chi connectivity index (χ1) is 8.74. The van der Waals surface area contributed by atoms with Crippen LogP contribution < -0.4 is 0 Å². The van der Waals surface area contributed by atoms with Crippen molar-refractivity contribution in [3.63, 3.8) is 0 Å². The minimum absolute atomic E-state index is 0.583. The van der Waals surface area contributed by atoms with Crippen LogP contribution in [0.15, 0.2) is 40.5 Å². The molecule has 3 rings (SSSR count). The molecule has 2 aromatic heterocycles. The quantitative estimate of drug-likeness (QED) is 0.807. The van der Waals surface area contributed by atoms with Gasteiger partial charge in [-0.1, -0.05) is 0 Å². The van der Waals surface area contributed by atoms with Gasteiger partial charge >= 0.3 is 0 Å². The van der Waals surface area contributed by atoms with Crippen LogP contribution in [-0.2, 0) is 0 Å². The number of likely N-dealkylation sites (N-methyl/N-ethyl adjacent to an activating group) is 1. The molecule has 18 heavy (non-hydrogen) atoms. The molecule has 1 aliphatic heterocycles. The number of nitrogens with zero attached hydrogens (tertiary/aromatic N) is 1. The van der Waals surface area contributed by atoms with Crippen LogP contribution in [0.2, 0.25) is 0 Å². The van der Waals surface area contributed by atoms with E-state index >= 15 is 0 Å². The lowest BCUT2D eigenvalue weighted by atomic mass is 9.92. The van der Waals surface area contributed by atoms with Crippen molar-refractivity contribution >= 4 is 16.9 Å². The van der Waals surface area contributed by atoms with Crippen molar-refractivity contribution in [2.24, 2.45) is 0 Å². The first-order valence-electron chi connectivity index (χ1n) is 6.23. The molecule has 0 amide bonds. The second kappa shape index (κ2) is 4.65. The Kier molecular flexibility index (Phi) is 3.00. The normalized spacial score (nSPS) is 20.0. The fourth-order valence-electron chi connectivity index (χ4n) is 2.65. The highest BCUT2D eigenvalue weighted by Crippen LogP contribution is 2.37. The lowest BCUT2D eigenvalue weighted by molar-refractivity contribution is 0.394. The van der Waals surface area contributed by atoms with Gasteiger partial charge < -0.3 is 9.32 Å². The van der Waals surface area contributed by atoms with Gasteiger partial charge in [-0.15, -0.1) is 11.3 Å². The SMILES string of the molecule is Cc1ccsc1C1CC(c2ccco2)=CN(C)C1. The van der Waals surface area contributed by atoms with Gasteiger partial charge in [-0.2, -0.15) is 0 Å². The molecule has 1 atom stereocenters. The monoisotopic (exact) mass is 259 g/mol. The summed E-state index contributed by atoms with van der Waals surface area (Å²) in [6.45, 7) is 3.29. The first-order valence-corrected chi connectivity index (χ1v) is 7.11. The number of furan rings is 1. The third kappa shape index (κ3) is 2.10. The molecule has 0 saturated heterocycles. The Morgan fingerprint density at radius 1 is 1.39 bits per heavy atom. The van der Waals surface area contributed by atoms with E-state index in [9.17, 15) is 0 Å². The molecular formula is C15H17NOS. The van der Waals surface area contributed by atoms with Gasteiger partial charge in [0.1, 0.15) is 5.76 Å². The van der Waals surface area contributed by atoms with E-state index in [1.165, 1.54) is 16.0 Å². The van der Waals surface area contributed by atoms with Crippen LogP contribution in [0, 0.1) is 6.92 Å². The third-order valence-electron chi connectivity index (χ3n) is 3.46. The highest BCUT2D eigenvalue weighted by Gasteiger charge is 2.24. The Bertz CT molecular complexity index is 553. The summed E-state index contributed by atoms with van der Waals surface area (Å²) in [5, 5.41) is 2.19. The molecule has 0 spiro atoms. The molecule has 1 unspecified atom stereocenters. The van der Waals surface area contributed by atoms with Crippen molar-refractivity contribution in [2.75, 3.05) is 13.6 Å². The first kappa shape index (κ1) is 11.6. The molecule has 2 nitrogen and oxygen atoms in total. The summed E-state index contributed by atoms with van der Waals surface area (Å²) < 4.78 is 5.53. The van der Waals surface area contributed by atoms with Crippen molar-refractivity contribution in [3.05, 3.63) is 52.2 Å². The highest BCUT2D eigenvalue weighted by atomic mass is 32.1. The smallest absolute Gasteiger partial charge is 0.131 e. The Morgan fingerprint density at radius 2 is 2.28 bits per heavy atom. The molecule has 0 bridgehead atoms. The van der Waals surface area contributed by atoms with Crippen molar-refractivity contribution in [2.45, 2.75) is 19.3 Å². The topological polar surface area (TPSA) is 16.4 Å². The Morgan fingerprint density at radius 3 is 2.94 bits per heavy atom. The standard InChI is InChI=1S/C15H17NOS/c1-11-5-7-18-15(11)13-8-12(9-16(2)10-13)14-4-3-6-17-14/h3-7,9,13H,8,10H2,1-2H3. The second-order valence-electron chi connectivity index (χ2n) is 4.94. The van der Waals surface area contributed by atoms with Crippen LogP contribution in [0.25, 0.3) is 5.57 Å². The zero-order valence-electron chi connectivity index (χ0n) is 10.7. The molecule has 0 aliphatic carbocycles. The number of allylic oxidation sites excluding steroid dienone is 1. The van der Waals surface area contributed by atoms with Crippen LogP contribution in [0.1, 0.15) is 28.5 Å². The van der Waals surface area contributed by atoms with E-state index in [0.29, 0.717) is 5.92 Å². The maximum Gasteiger partial charge on any atom is 0.131 e. The summed E-state index contributed by atoms with van der Waals surface area (Å²) in [4.78, 5) is 3.78. The van der Waals surface area contributed by atoms with Crippen molar-refractivity contribution < 1.29 is 4.42 Å². The van der Waals surface area contributed by atoms with Gasteiger partial charge in [0.2, 0.25) is 0 Å². The van der Waals surface area contributed by atoms with Crippen molar-refractivity contribution in [3.8, 4) is 0 Å². The Hall–Kier alpha value is -1.48. The fraction of sp³-hybridized carbons (Fsp3) is 0.333. The van der Waals surface area contributed by atoms with E-state index in [1.54, 1.807) is 6.26 Å². The zero-order chi connectivity index (χ0) is 12.5. The molecule has 0 aromatic carbocycles. The summed E-state index contributed by atoms with van der Waals surface area (Å²) in [5.74, 6) is 1.58. The van der Waals surface area contributed by atoms with E-state index in [-0.39, 0.29) is 0 Å². The number of hydrogen-bond donors (Lipinski definition) is 0. The number of thiophene rings is 1.